The number of hydrogen-bond acceptors (Lipinski definition) is 4. The summed E-state index contributed by atoms with van der Waals surface area (Å²) in [6, 6.07) is 4.34. The van der Waals surface area contributed by atoms with E-state index in [1.54, 1.807) is 12.1 Å². The first-order chi connectivity index (χ1) is 12.5. The SMILES string of the molecule is Cc1ccc(NC(=O)CN2C(=O)NC3(CC(C)CC(C)(C)C3)C2=O)c(O)c1. The van der Waals surface area contributed by atoms with Crippen LogP contribution in [-0.2, 0) is 9.59 Å². The van der Waals surface area contributed by atoms with Gasteiger partial charge in [0.25, 0.3) is 5.91 Å². The van der Waals surface area contributed by atoms with Crippen LogP contribution in [0.5, 0.6) is 5.75 Å². The molecule has 2 aliphatic rings. The van der Waals surface area contributed by atoms with Gasteiger partial charge in [0.05, 0.1) is 5.69 Å². The Hall–Kier alpha value is -2.57. The Bertz CT molecular complexity index is 804. The standard InChI is InChI=1S/C20H27N3O4/c1-12-5-6-14(15(24)7-12)21-16(25)10-23-17(26)20(22-18(23)27)9-13(2)8-19(3,4)11-20/h5-7,13,24H,8-11H2,1-4H3,(H,21,25)(H,22,27). The van der Waals surface area contributed by atoms with E-state index in [1.807, 2.05) is 6.92 Å². The lowest BCUT2D eigenvalue weighted by molar-refractivity contribution is -0.136. The molecule has 3 N–H and O–H groups in total. The van der Waals surface area contributed by atoms with Crippen molar-refractivity contribution in [1.29, 1.82) is 0 Å². The van der Waals surface area contributed by atoms with Crippen molar-refractivity contribution in [1.82, 2.24) is 10.2 Å². The normalized spacial score (nSPS) is 27.0. The number of aromatic hydroxyl groups is 1. The maximum Gasteiger partial charge on any atom is 0.325 e. The van der Waals surface area contributed by atoms with Gasteiger partial charge in [0, 0.05) is 0 Å². The molecule has 7 heteroatoms. The van der Waals surface area contributed by atoms with Crippen LogP contribution in [0.25, 0.3) is 0 Å². The smallest absolute Gasteiger partial charge is 0.325 e. The van der Waals surface area contributed by atoms with Gasteiger partial charge < -0.3 is 15.7 Å². The summed E-state index contributed by atoms with van der Waals surface area (Å²) in [5.41, 5.74) is 0.118. The van der Waals surface area contributed by atoms with Crippen LogP contribution in [0.15, 0.2) is 18.2 Å². The fourth-order valence-corrected chi connectivity index (χ4v) is 4.73. The number of phenols is 1. The van der Waals surface area contributed by atoms with Crippen LogP contribution in [-0.4, -0.2) is 39.9 Å². The third kappa shape index (κ3) is 3.77. The van der Waals surface area contributed by atoms with E-state index in [-0.39, 0.29) is 29.3 Å². The molecule has 1 spiro atoms. The maximum absolute atomic E-state index is 13.0. The van der Waals surface area contributed by atoms with E-state index < -0.39 is 17.5 Å². The zero-order valence-corrected chi connectivity index (χ0v) is 16.3. The van der Waals surface area contributed by atoms with Gasteiger partial charge >= 0.3 is 6.03 Å². The second kappa shape index (κ2) is 6.55. The van der Waals surface area contributed by atoms with Crippen molar-refractivity contribution in [3.8, 4) is 5.75 Å². The highest BCUT2D eigenvalue weighted by Gasteiger charge is 2.56. The van der Waals surface area contributed by atoms with Crippen LogP contribution in [0, 0.1) is 18.3 Å². The molecule has 1 saturated carbocycles. The number of imide groups is 1. The molecule has 1 heterocycles. The van der Waals surface area contributed by atoms with Crippen LogP contribution in [0.3, 0.4) is 0 Å². The number of anilines is 1. The monoisotopic (exact) mass is 373 g/mol. The quantitative estimate of drug-likeness (QED) is 0.560. The Balaban J connectivity index is 1.73. The summed E-state index contributed by atoms with van der Waals surface area (Å²) >= 11 is 0. The maximum atomic E-state index is 13.0. The zero-order valence-electron chi connectivity index (χ0n) is 16.3. The van der Waals surface area contributed by atoms with Crippen LogP contribution in [0.4, 0.5) is 10.5 Å². The number of urea groups is 1. The van der Waals surface area contributed by atoms with E-state index in [0.717, 1.165) is 16.9 Å². The Labute approximate surface area is 159 Å². The summed E-state index contributed by atoms with van der Waals surface area (Å²) in [6.45, 7) is 7.72. The first-order valence-electron chi connectivity index (χ1n) is 9.25. The number of aryl methyl sites for hydroxylation is 1. The highest BCUT2D eigenvalue weighted by molar-refractivity contribution is 6.10. The van der Waals surface area contributed by atoms with Crippen LogP contribution in [0.1, 0.15) is 45.6 Å². The average molecular weight is 373 g/mol. The number of amides is 4. The topological polar surface area (TPSA) is 98.7 Å². The predicted molar refractivity (Wildman–Crippen MR) is 101 cm³/mol. The molecule has 2 unspecified atom stereocenters. The molecule has 4 amide bonds. The lowest BCUT2D eigenvalue weighted by Gasteiger charge is -2.43. The number of carbonyl (C=O) groups is 3. The molecule has 0 bridgehead atoms. The number of nitrogens with one attached hydrogen (secondary N) is 2. The van der Waals surface area contributed by atoms with Crippen molar-refractivity contribution >= 4 is 23.5 Å². The largest absolute Gasteiger partial charge is 0.506 e. The molecule has 1 aliphatic heterocycles. The van der Waals surface area contributed by atoms with E-state index in [0.29, 0.717) is 18.8 Å². The molecular formula is C20H27N3O4. The lowest BCUT2D eigenvalue weighted by atomic mass is 9.64. The average Bonchev–Trinajstić information content (AvgIpc) is 2.72. The second-order valence-corrected chi connectivity index (χ2v) is 8.83. The number of rotatable bonds is 3. The molecule has 0 aromatic heterocycles. The minimum atomic E-state index is -0.926. The van der Waals surface area contributed by atoms with Gasteiger partial charge in [0.1, 0.15) is 17.8 Å². The molecule has 2 atom stereocenters. The number of hydrogen-bond donors (Lipinski definition) is 3. The van der Waals surface area contributed by atoms with Crippen molar-refractivity contribution in [3.05, 3.63) is 23.8 Å². The van der Waals surface area contributed by atoms with E-state index in [4.69, 9.17) is 0 Å². The van der Waals surface area contributed by atoms with Crippen LogP contribution < -0.4 is 10.6 Å². The summed E-state index contributed by atoms with van der Waals surface area (Å²) in [4.78, 5) is 38.8. The van der Waals surface area contributed by atoms with Crippen molar-refractivity contribution in [2.45, 2.75) is 52.5 Å². The van der Waals surface area contributed by atoms with E-state index in [1.165, 1.54) is 6.07 Å². The minimum Gasteiger partial charge on any atom is -0.506 e. The van der Waals surface area contributed by atoms with E-state index in [2.05, 4.69) is 31.4 Å². The van der Waals surface area contributed by atoms with Gasteiger partial charge in [-0.25, -0.2) is 4.79 Å². The molecule has 146 valence electrons. The Morgan fingerprint density at radius 3 is 2.67 bits per heavy atom. The molecule has 1 saturated heterocycles. The summed E-state index contributed by atoms with van der Waals surface area (Å²) in [7, 11) is 0. The highest BCUT2D eigenvalue weighted by atomic mass is 16.3. The second-order valence-electron chi connectivity index (χ2n) is 8.83. The third-order valence-electron chi connectivity index (χ3n) is 5.35. The fourth-order valence-electron chi connectivity index (χ4n) is 4.73. The number of nitrogens with zero attached hydrogens (tertiary/aromatic N) is 1. The first kappa shape index (κ1) is 19.2. The predicted octanol–water partition coefficient (Wildman–Crippen LogP) is 2.78. The summed E-state index contributed by atoms with van der Waals surface area (Å²) in [6.07, 6.45) is 2.13. The van der Waals surface area contributed by atoms with Gasteiger partial charge in [-0.15, -0.1) is 0 Å². The van der Waals surface area contributed by atoms with Crippen molar-refractivity contribution in [3.63, 3.8) is 0 Å². The van der Waals surface area contributed by atoms with Gasteiger partial charge in [-0.3, -0.25) is 14.5 Å². The lowest BCUT2D eigenvalue weighted by Crippen LogP contribution is -2.54. The minimum absolute atomic E-state index is 0.0557. The number of carbonyl (C=O) groups excluding carboxylic acids is 3. The molecular weight excluding hydrogens is 346 g/mol. The Kier molecular flexibility index (Phi) is 4.66. The van der Waals surface area contributed by atoms with Gasteiger partial charge in [0.15, 0.2) is 0 Å². The molecule has 7 nitrogen and oxygen atoms in total. The molecule has 1 aromatic rings. The van der Waals surface area contributed by atoms with E-state index in [9.17, 15) is 19.5 Å². The van der Waals surface area contributed by atoms with Crippen molar-refractivity contribution < 1.29 is 19.5 Å². The highest BCUT2D eigenvalue weighted by Crippen LogP contribution is 2.46. The first-order valence-corrected chi connectivity index (χ1v) is 9.25. The van der Waals surface area contributed by atoms with Gasteiger partial charge in [-0.2, -0.15) is 0 Å². The summed E-state index contributed by atoms with van der Waals surface area (Å²) < 4.78 is 0. The van der Waals surface area contributed by atoms with Crippen LogP contribution >= 0.6 is 0 Å². The molecule has 2 fully saturated rings. The van der Waals surface area contributed by atoms with Gasteiger partial charge in [0.2, 0.25) is 5.91 Å². The van der Waals surface area contributed by atoms with E-state index >= 15 is 0 Å². The van der Waals surface area contributed by atoms with Crippen molar-refractivity contribution in [2.24, 2.45) is 11.3 Å². The molecule has 27 heavy (non-hydrogen) atoms. The summed E-state index contributed by atoms with van der Waals surface area (Å²) in [5.74, 6) is -0.621. The molecule has 0 radical (unpaired) electrons. The van der Waals surface area contributed by atoms with Crippen molar-refractivity contribution in [2.75, 3.05) is 11.9 Å². The van der Waals surface area contributed by atoms with Gasteiger partial charge in [-0.05, 0) is 55.2 Å². The third-order valence-corrected chi connectivity index (χ3v) is 5.35. The van der Waals surface area contributed by atoms with Gasteiger partial charge in [-0.1, -0.05) is 26.8 Å². The number of benzene rings is 1. The summed E-state index contributed by atoms with van der Waals surface area (Å²) in [5, 5.41) is 15.3. The molecule has 3 rings (SSSR count). The Morgan fingerprint density at radius 2 is 2.04 bits per heavy atom. The Morgan fingerprint density at radius 1 is 1.33 bits per heavy atom. The van der Waals surface area contributed by atoms with Crippen LogP contribution in [0.2, 0.25) is 0 Å². The molecule has 1 aromatic carbocycles. The molecule has 1 aliphatic carbocycles. The zero-order chi connectivity index (χ0) is 20.0. The number of phenolic OH excluding ortho intramolecular Hbond substituents is 1. The fraction of sp³-hybridized carbons (Fsp3) is 0.550.